The number of nitrogens with zero attached hydrogens (tertiary/aromatic N) is 6. The van der Waals surface area contributed by atoms with Crippen molar-refractivity contribution in [1.29, 1.82) is 0 Å². The van der Waals surface area contributed by atoms with E-state index < -0.39 is 11.7 Å². The van der Waals surface area contributed by atoms with E-state index in [0.717, 1.165) is 54.4 Å². The molecule has 0 bridgehead atoms. The first kappa shape index (κ1) is 37.2. The van der Waals surface area contributed by atoms with Crippen molar-refractivity contribution in [3.8, 4) is 11.5 Å². The summed E-state index contributed by atoms with van der Waals surface area (Å²) in [4.78, 5) is 36.1. The lowest BCUT2D eigenvalue weighted by atomic mass is 9.85. The Hall–Kier alpha value is -4.59. The number of nitrogens with one attached hydrogen (secondary N) is 1. The number of benzene rings is 2. The van der Waals surface area contributed by atoms with Crippen molar-refractivity contribution in [3.05, 3.63) is 77.0 Å². The SMILES string of the molecule is COc1cc2c(Cc3ccncc3)nnc(N3CCN(C(=O)CC(=O)Nc4ccc(F)c(Cl)c4)CC3)c2cc1OCC(C)(C)C(C)N1CCOCC1. The summed E-state index contributed by atoms with van der Waals surface area (Å²) in [6, 6.07) is 12.0. The fourth-order valence-corrected chi connectivity index (χ4v) is 6.75. The summed E-state index contributed by atoms with van der Waals surface area (Å²) in [7, 11) is 1.64. The van der Waals surface area contributed by atoms with E-state index in [1.165, 1.54) is 12.1 Å². The lowest BCUT2D eigenvalue weighted by molar-refractivity contribution is -0.134. The number of anilines is 2. The number of hydrogen-bond donors (Lipinski definition) is 1. The maximum atomic E-state index is 13.5. The summed E-state index contributed by atoms with van der Waals surface area (Å²) >= 11 is 5.83. The summed E-state index contributed by atoms with van der Waals surface area (Å²) in [6.07, 6.45) is 3.72. The molecule has 4 aromatic rings. The number of methoxy groups -OCH3 is 1. The van der Waals surface area contributed by atoms with Gasteiger partial charge in [-0.2, -0.15) is 5.10 Å². The molecule has 0 spiro atoms. The predicted molar refractivity (Wildman–Crippen MR) is 198 cm³/mol. The molecule has 2 fully saturated rings. The minimum atomic E-state index is -0.588. The van der Waals surface area contributed by atoms with E-state index in [9.17, 15) is 14.0 Å². The Bertz CT molecular complexity index is 1890. The third kappa shape index (κ3) is 8.71. The first-order chi connectivity index (χ1) is 25.0. The number of morpholine rings is 1. The number of ether oxygens (including phenoxy) is 3. The van der Waals surface area contributed by atoms with Crippen LogP contribution in [0.15, 0.2) is 54.9 Å². The lowest BCUT2D eigenvalue weighted by Gasteiger charge is -2.41. The van der Waals surface area contributed by atoms with Crippen LogP contribution in [0.4, 0.5) is 15.9 Å². The fraction of sp³-hybridized carbons (Fsp3) is 0.447. The summed E-state index contributed by atoms with van der Waals surface area (Å²) in [6.45, 7) is 12.1. The number of carbonyl (C=O) groups is 2. The van der Waals surface area contributed by atoms with E-state index in [-0.39, 0.29) is 28.8 Å². The molecule has 12 nitrogen and oxygen atoms in total. The topological polar surface area (TPSA) is 122 Å². The van der Waals surface area contributed by atoms with Gasteiger partial charge in [-0.3, -0.25) is 19.5 Å². The first-order valence-corrected chi connectivity index (χ1v) is 17.9. The zero-order valence-corrected chi connectivity index (χ0v) is 30.8. The molecule has 2 aliphatic rings. The van der Waals surface area contributed by atoms with Gasteiger partial charge in [0.05, 0.1) is 37.6 Å². The number of rotatable bonds is 12. The molecule has 2 aromatic heterocycles. The molecular weight excluding hydrogens is 689 g/mol. The maximum Gasteiger partial charge on any atom is 0.233 e. The Morgan fingerprint density at radius 2 is 1.69 bits per heavy atom. The normalized spacial score (nSPS) is 16.1. The fourth-order valence-electron chi connectivity index (χ4n) is 6.57. The molecule has 0 radical (unpaired) electrons. The highest BCUT2D eigenvalue weighted by molar-refractivity contribution is 6.31. The minimum Gasteiger partial charge on any atom is -0.493 e. The van der Waals surface area contributed by atoms with Gasteiger partial charge >= 0.3 is 0 Å². The van der Waals surface area contributed by atoms with Gasteiger partial charge in [-0.25, -0.2) is 4.39 Å². The molecule has 6 rings (SSSR count). The quantitative estimate of drug-likeness (QED) is 0.194. The number of halogens is 2. The average Bonchev–Trinajstić information content (AvgIpc) is 3.15. The third-order valence-electron chi connectivity index (χ3n) is 10.0. The second-order valence-corrected chi connectivity index (χ2v) is 14.3. The molecule has 4 heterocycles. The van der Waals surface area contributed by atoms with Crippen LogP contribution < -0.4 is 19.7 Å². The van der Waals surface area contributed by atoms with Gasteiger partial charge in [-0.05, 0) is 55.0 Å². The van der Waals surface area contributed by atoms with Gasteiger partial charge in [0.15, 0.2) is 17.3 Å². The molecule has 14 heteroatoms. The van der Waals surface area contributed by atoms with Crippen LogP contribution in [0.3, 0.4) is 0 Å². The zero-order chi connectivity index (χ0) is 36.8. The van der Waals surface area contributed by atoms with Crippen LogP contribution in [0.25, 0.3) is 10.8 Å². The van der Waals surface area contributed by atoms with Crippen molar-refractivity contribution in [2.45, 2.75) is 39.7 Å². The number of hydrogen-bond acceptors (Lipinski definition) is 10. The van der Waals surface area contributed by atoms with E-state index in [4.69, 9.17) is 36.0 Å². The zero-order valence-electron chi connectivity index (χ0n) is 30.0. The second kappa shape index (κ2) is 16.4. The molecule has 276 valence electrons. The number of amides is 2. The minimum absolute atomic E-state index is 0.111. The molecular formula is C38H45ClFN7O5. The standard InChI is InChI=1S/C38H45ClFN7O5/c1-25(45-15-17-51-18-16-45)38(2,3)24-52-34-22-29-28(21-33(34)50-4)32(19-26-7-9-41-10-8-26)43-44-37(29)47-13-11-46(12-14-47)36(49)23-35(48)42-27-5-6-31(40)30(39)20-27/h5-10,20-22,25H,11-19,23-24H2,1-4H3,(H,42,48). The number of pyridine rings is 1. The smallest absolute Gasteiger partial charge is 0.233 e. The summed E-state index contributed by atoms with van der Waals surface area (Å²) in [5.41, 5.74) is 1.99. The van der Waals surface area contributed by atoms with E-state index in [2.05, 4.69) is 40.9 Å². The van der Waals surface area contributed by atoms with Crippen LogP contribution in [-0.4, -0.2) is 109 Å². The highest BCUT2D eigenvalue weighted by Gasteiger charge is 2.33. The highest BCUT2D eigenvalue weighted by Crippen LogP contribution is 2.39. The van der Waals surface area contributed by atoms with E-state index in [0.29, 0.717) is 62.2 Å². The van der Waals surface area contributed by atoms with Gasteiger partial charge < -0.3 is 29.3 Å². The van der Waals surface area contributed by atoms with Crippen LogP contribution in [0.1, 0.15) is 38.4 Å². The molecule has 0 aliphatic carbocycles. The summed E-state index contributed by atoms with van der Waals surface area (Å²) in [5.74, 6) is 0.511. The van der Waals surface area contributed by atoms with Gasteiger partial charge in [0, 0.05) is 86.0 Å². The Morgan fingerprint density at radius 1 is 0.981 bits per heavy atom. The van der Waals surface area contributed by atoms with Crippen molar-refractivity contribution >= 4 is 45.7 Å². The van der Waals surface area contributed by atoms with E-state index >= 15 is 0 Å². The molecule has 1 atom stereocenters. The van der Waals surface area contributed by atoms with Crippen molar-refractivity contribution in [1.82, 2.24) is 25.0 Å². The molecule has 0 saturated carbocycles. The molecule has 2 aliphatic heterocycles. The van der Waals surface area contributed by atoms with Gasteiger partial charge in [0.25, 0.3) is 0 Å². The van der Waals surface area contributed by atoms with Gasteiger partial charge in [0.2, 0.25) is 11.8 Å². The van der Waals surface area contributed by atoms with Crippen molar-refractivity contribution in [3.63, 3.8) is 0 Å². The van der Waals surface area contributed by atoms with Crippen LogP contribution in [0.5, 0.6) is 11.5 Å². The first-order valence-electron chi connectivity index (χ1n) is 17.5. The van der Waals surface area contributed by atoms with E-state index in [1.807, 2.05) is 24.3 Å². The summed E-state index contributed by atoms with van der Waals surface area (Å²) < 4.78 is 31.6. The molecule has 1 N–H and O–H groups in total. The molecule has 2 aromatic carbocycles. The summed E-state index contributed by atoms with van der Waals surface area (Å²) in [5, 5.41) is 13.7. The molecule has 2 amide bonds. The maximum absolute atomic E-state index is 13.5. The Balaban J connectivity index is 1.21. The van der Waals surface area contributed by atoms with Crippen LogP contribution >= 0.6 is 11.6 Å². The predicted octanol–water partition coefficient (Wildman–Crippen LogP) is 5.22. The van der Waals surface area contributed by atoms with Gasteiger partial charge in [-0.15, -0.1) is 5.10 Å². The van der Waals surface area contributed by atoms with Crippen LogP contribution in [0.2, 0.25) is 5.02 Å². The number of piperazine rings is 1. The number of aromatic nitrogens is 3. The Kier molecular flexibility index (Phi) is 11.7. The van der Waals surface area contributed by atoms with Crippen LogP contribution in [-0.2, 0) is 20.7 Å². The highest BCUT2D eigenvalue weighted by atomic mass is 35.5. The van der Waals surface area contributed by atoms with Crippen molar-refractivity contribution in [2.24, 2.45) is 5.41 Å². The number of fused-ring (bicyclic) bond motifs is 1. The average molecular weight is 734 g/mol. The lowest BCUT2D eigenvalue weighted by Crippen LogP contribution is -2.50. The monoisotopic (exact) mass is 733 g/mol. The Labute approximate surface area is 308 Å². The van der Waals surface area contributed by atoms with Crippen molar-refractivity contribution in [2.75, 3.05) is 76.4 Å². The van der Waals surface area contributed by atoms with E-state index in [1.54, 1.807) is 24.4 Å². The van der Waals surface area contributed by atoms with Crippen molar-refractivity contribution < 1.29 is 28.2 Å². The van der Waals surface area contributed by atoms with Gasteiger partial charge in [0.1, 0.15) is 12.2 Å². The third-order valence-corrected chi connectivity index (χ3v) is 10.3. The molecule has 1 unspecified atom stereocenters. The van der Waals surface area contributed by atoms with Gasteiger partial charge in [-0.1, -0.05) is 25.4 Å². The Morgan fingerprint density at radius 3 is 2.38 bits per heavy atom. The van der Waals surface area contributed by atoms with Crippen LogP contribution in [0, 0.1) is 11.2 Å². The molecule has 2 saturated heterocycles. The largest absolute Gasteiger partial charge is 0.493 e. The second-order valence-electron chi connectivity index (χ2n) is 13.9. The molecule has 52 heavy (non-hydrogen) atoms. The number of carbonyl (C=O) groups excluding carboxylic acids is 2.